The second-order valence-corrected chi connectivity index (χ2v) is 9.78. The highest BCUT2D eigenvalue weighted by Crippen LogP contribution is 2.26. The van der Waals surface area contributed by atoms with Gasteiger partial charge in [0.2, 0.25) is 0 Å². The predicted octanol–water partition coefficient (Wildman–Crippen LogP) is 3.35. The Morgan fingerprint density at radius 3 is 2.72 bits per heavy atom. The van der Waals surface area contributed by atoms with Gasteiger partial charge in [-0.3, -0.25) is 9.36 Å². The number of hydrogen-bond donors (Lipinski definition) is 5. The first kappa shape index (κ1) is 27.3. The molecule has 4 aromatic rings. The van der Waals surface area contributed by atoms with Crippen LogP contribution >= 0.6 is 11.6 Å². The number of benzene rings is 2. The van der Waals surface area contributed by atoms with Crippen LogP contribution in [0.3, 0.4) is 0 Å². The third-order valence-electron chi connectivity index (χ3n) is 5.81. The van der Waals surface area contributed by atoms with Crippen LogP contribution in [0.2, 0.25) is 5.02 Å². The topological polar surface area (TPSA) is 184 Å². The highest BCUT2D eigenvalue weighted by atomic mass is 35.5. The van der Waals surface area contributed by atoms with E-state index in [1.54, 1.807) is 63.2 Å². The number of nitrogens with zero attached hydrogens (tertiary/aromatic N) is 5. The molecule has 13 heteroatoms. The van der Waals surface area contributed by atoms with Crippen LogP contribution in [0.25, 0.3) is 16.6 Å². The number of nitriles is 1. The van der Waals surface area contributed by atoms with E-state index in [1.165, 1.54) is 10.9 Å². The molecule has 1 atom stereocenters. The number of aliphatic hydroxyl groups is 1. The predicted molar refractivity (Wildman–Crippen MR) is 149 cm³/mol. The van der Waals surface area contributed by atoms with E-state index in [9.17, 15) is 20.0 Å². The summed E-state index contributed by atoms with van der Waals surface area (Å²) in [5.41, 5.74) is 5.81. The van der Waals surface area contributed by atoms with Gasteiger partial charge in [0.25, 0.3) is 5.56 Å². The van der Waals surface area contributed by atoms with Crippen molar-refractivity contribution in [3.8, 4) is 11.8 Å². The molecule has 0 aliphatic rings. The largest absolute Gasteiger partial charge is 0.394 e. The van der Waals surface area contributed by atoms with Crippen LogP contribution in [0, 0.1) is 11.3 Å². The molecule has 0 fully saturated rings. The SMILES string of the molecule is CC(Nc1ncnc(N)c1C#N)c1nc2cccc(Cl)c2c(=O)n1-c1cccc(NC(=O)NC(C)(C)CO)c1. The van der Waals surface area contributed by atoms with Crippen molar-refractivity contribution in [2.75, 3.05) is 23.0 Å². The smallest absolute Gasteiger partial charge is 0.319 e. The number of fused-ring (bicyclic) bond motifs is 1. The van der Waals surface area contributed by atoms with Gasteiger partial charge < -0.3 is 26.8 Å². The average Bonchev–Trinajstić information content (AvgIpc) is 2.88. The molecule has 2 heterocycles. The van der Waals surface area contributed by atoms with Crippen LogP contribution in [-0.2, 0) is 0 Å². The number of hydrogen-bond acceptors (Lipinski definition) is 9. The zero-order chi connectivity index (χ0) is 28.3. The van der Waals surface area contributed by atoms with Crippen molar-refractivity contribution >= 4 is 45.9 Å². The summed E-state index contributed by atoms with van der Waals surface area (Å²) in [5, 5.41) is 27.9. The molecule has 12 nitrogen and oxygen atoms in total. The number of halogens is 1. The number of aliphatic hydroxyl groups excluding tert-OH is 1. The Morgan fingerprint density at radius 2 is 2.00 bits per heavy atom. The maximum Gasteiger partial charge on any atom is 0.319 e. The molecule has 0 saturated heterocycles. The van der Waals surface area contributed by atoms with Crippen LogP contribution in [0.4, 0.5) is 22.1 Å². The molecule has 39 heavy (non-hydrogen) atoms. The Morgan fingerprint density at radius 1 is 1.26 bits per heavy atom. The van der Waals surface area contributed by atoms with Crippen molar-refractivity contribution in [3.05, 3.63) is 75.6 Å². The van der Waals surface area contributed by atoms with Gasteiger partial charge in [-0.25, -0.2) is 19.7 Å². The number of nitrogens with two attached hydrogens (primary N) is 1. The molecule has 0 bridgehead atoms. The summed E-state index contributed by atoms with van der Waals surface area (Å²) in [6.07, 6.45) is 1.23. The van der Waals surface area contributed by atoms with Crippen molar-refractivity contribution in [2.24, 2.45) is 0 Å². The van der Waals surface area contributed by atoms with Crippen LogP contribution < -0.4 is 27.2 Å². The highest BCUT2D eigenvalue weighted by molar-refractivity contribution is 6.35. The molecule has 2 amide bonds. The Hall–Kier alpha value is -4.73. The maximum absolute atomic E-state index is 13.8. The fourth-order valence-electron chi connectivity index (χ4n) is 3.87. The minimum atomic E-state index is -0.835. The van der Waals surface area contributed by atoms with Crippen molar-refractivity contribution < 1.29 is 9.90 Å². The second kappa shape index (κ2) is 10.9. The fraction of sp³-hybridized carbons (Fsp3) is 0.231. The maximum atomic E-state index is 13.8. The molecule has 4 rings (SSSR count). The van der Waals surface area contributed by atoms with E-state index in [1.807, 2.05) is 6.07 Å². The number of carbonyl (C=O) groups is 1. The summed E-state index contributed by atoms with van der Waals surface area (Å²) in [6.45, 7) is 4.85. The number of carbonyl (C=O) groups excluding carboxylic acids is 1. The standard InChI is InChI=1S/C26H26ClN9O3/c1-14(32-22-17(11-28)21(29)30-13-31-22)23-34-19-9-5-8-18(27)20(19)24(38)36(23)16-7-4-6-15(10-16)33-25(39)35-26(2,3)12-37/h4-10,13-14,37H,12H2,1-3H3,(H2,33,35,39)(H3,29,30,31,32). The number of amides is 2. The molecule has 2 aromatic heterocycles. The number of nitrogens with one attached hydrogen (secondary N) is 3. The summed E-state index contributed by atoms with van der Waals surface area (Å²) in [6, 6.07) is 12.4. The van der Waals surface area contributed by atoms with E-state index in [0.717, 1.165) is 0 Å². The van der Waals surface area contributed by atoms with Crippen molar-refractivity contribution in [2.45, 2.75) is 32.4 Å². The molecule has 0 aliphatic heterocycles. The fourth-order valence-corrected chi connectivity index (χ4v) is 4.12. The van der Waals surface area contributed by atoms with Crippen LogP contribution in [0.5, 0.6) is 0 Å². The Balaban J connectivity index is 1.83. The van der Waals surface area contributed by atoms with E-state index in [-0.39, 0.29) is 34.2 Å². The Bertz CT molecular complexity index is 1660. The molecule has 200 valence electrons. The number of nitrogen functional groups attached to an aromatic ring is 1. The lowest BCUT2D eigenvalue weighted by Gasteiger charge is -2.24. The minimum Gasteiger partial charge on any atom is -0.394 e. The van der Waals surface area contributed by atoms with Gasteiger partial charge in [-0.1, -0.05) is 23.7 Å². The third-order valence-corrected chi connectivity index (χ3v) is 6.13. The summed E-state index contributed by atoms with van der Waals surface area (Å²) >= 11 is 6.39. The van der Waals surface area contributed by atoms with Gasteiger partial charge in [0, 0.05) is 5.69 Å². The average molecular weight is 548 g/mol. The molecule has 0 aliphatic carbocycles. The van der Waals surface area contributed by atoms with Crippen molar-refractivity contribution in [1.82, 2.24) is 24.8 Å². The van der Waals surface area contributed by atoms with Crippen molar-refractivity contribution in [1.29, 1.82) is 5.26 Å². The molecule has 2 aromatic carbocycles. The molecule has 0 spiro atoms. The Labute approximate surface area is 228 Å². The first-order valence-corrected chi connectivity index (χ1v) is 12.2. The van der Waals surface area contributed by atoms with Crippen LogP contribution in [0.15, 0.2) is 53.6 Å². The normalized spacial score (nSPS) is 12.0. The third kappa shape index (κ3) is 5.74. The van der Waals surface area contributed by atoms with Gasteiger partial charge in [-0.15, -0.1) is 0 Å². The number of urea groups is 1. The molecule has 1 unspecified atom stereocenters. The number of rotatable bonds is 7. The minimum absolute atomic E-state index is 0.0132. The van der Waals surface area contributed by atoms with E-state index in [4.69, 9.17) is 22.3 Å². The highest BCUT2D eigenvalue weighted by Gasteiger charge is 2.22. The van der Waals surface area contributed by atoms with E-state index in [2.05, 4.69) is 25.9 Å². The molecular formula is C26H26ClN9O3. The first-order chi connectivity index (χ1) is 18.5. The Kier molecular flexibility index (Phi) is 7.66. The van der Waals surface area contributed by atoms with Gasteiger partial charge in [0.05, 0.1) is 39.8 Å². The van der Waals surface area contributed by atoms with Gasteiger partial charge in [0.15, 0.2) is 0 Å². The molecular weight excluding hydrogens is 522 g/mol. The zero-order valence-corrected chi connectivity index (χ0v) is 22.1. The lowest BCUT2D eigenvalue weighted by Crippen LogP contribution is -2.48. The lowest BCUT2D eigenvalue weighted by atomic mass is 10.1. The monoisotopic (exact) mass is 547 g/mol. The quantitative estimate of drug-likeness (QED) is 0.231. The van der Waals surface area contributed by atoms with E-state index < -0.39 is 23.2 Å². The van der Waals surface area contributed by atoms with Crippen LogP contribution in [-0.4, -0.2) is 42.8 Å². The first-order valence-electron chi connectivity index (χ1n) is 11.8. The summed E-state index contributed by atoms with van der Waals surface area (Å²) in [7, 11) is 0. The zero-order valence-electron chi connectivity index (χ0n) is 21.4. The molecule has 6 N–H and O–H groups in total. The molecule has 0 radical (unpaired) electrons. The van der Waals surface area contributed by atoms with Gasteiger partial charge >= 0.3 is 6.03 Å². The second-order valence-electron chi connectivity index (χ2n) is 9.38. The lowest BCUT2D eigenvalue weighted by molar-refractivity contribution is 0.187. The molecule has 0 saturated carbocycles. The van der Waals surface area contributed by atoms with Crippen molar-refractivity contribution in [3.63, 3.8) is 0 Å². The summed E-state index contributed by atoms with van der Waals surface area (Å²) in [4.78, 5) is 39.0. The summed E-state index contributed by atoms with van der Waals surface area (Å²) < 4.78 is 1.38. The van der Waals surface area contributed by atoms with Gasteiger partial charge in [-0.05, 0) is 51.1 Å². The van der Waals surface area contributed by atoms with E-state index >= 15 is 0 Å². The number of anilines is 3. The number of aromatic nitrogens is 4. The van der Waals surface area contributed by atoms with Gasteiger partial charge in [-0.2, -0.15) is 5.26 Å². The summed E-state index contributed by atoms with van der Waals surface area (Å²) in [5.74, 6) is 0.487. The van der Waals surface area contributed by atoms with Crippen LogP contribution in [0.1, 0.15) is 38.2 Å². The van der Waals surface area contributed by atoms with E-state index in [0.29, 0.717) is 22.7 Å². The van der Waals surface area contributed by atoms with Gasteiger partial charge in [0.1, 0.15) is 35.4 Å².